The zero-order chi connectivity index (χ0) is 24.2. The van der Waals surface area contributed by atoms with Crippen molar-refractivity contribution in [3.63, 3.8) is 0 Å². The minimum Gasteiger partial charge on any atom is -0.467 e. The van der Waals surface area contributed by atoms with Gasteiger partial charge in [0.15, 0.2) is 5.69 Å². The number of furan rings is 1. The van der Waals surface area contributed by atoms with Gasteiger partial charge in [-0.25, -0.2) is 9.78 Å². The number of nitrogens with zero attached hydrogens (tertiary/aromatic N) is 2. The minimum absolute atomic E-state index is 0.210. The molecule has 9 heteroatoms. The summed E-state index contributed by atoms with van der Waals surface area (Å²) in [4.78, 5) is 30.8. The van der Waals surface area contributed by atoms with Gasteiger partial charge in [-0.05, 0) is 54.7 Å². The number of amides is 1. The van der Waals surface area contributed by atoms with Crippen LogP contribution in [-0.2, 0) is 11.3 Å². The number of fused-ring (bicyclic) bond motifs is 1. The van der Waals surface area contributed by atoms with Crippen molar-refractivity contribution in [2.75, 3.05) is 29.2 Å². The number of hydrogen-bond acceptors (Lipinski definition) is 7. The van der Waals surface area contributed by atoms with Crippen LogP contribution in [0.3, 0.4) is 0 Å². The summed E-state index contributed by atoms with van der Waals surface area (Å²) in [5.41, 5.74) is 2.45. The molecule has 180 valence electrons. The standard InChI is InChI=1S/C26H26N4O4S/c1-33-26(32)23-22(29-25(31)17-6-3-2-4-7-17)21-14-19(28-18-9-12-35-13-10-18)15-27-24(21)30(23)16-20-8-5-11-34-20/h2-8,11,14-15,18,28H,9-10,12-13,16H2,1H3,(H,29,31). The summed E-state index contributed by atoms with van der Waals surface area (Å²) in [5.74, 6) is 2.00. The molecule has 4 aromatic rings. The lowest BCUT2D eigenvalue weighted by Crippen LogP contribution is -2.24. The molecule has 0 spiro atoms. The fraction of sp³-hybridized carbons (Fsp3) is 0.269. The summed E-state index contributed by atoms with van der Waals surface area (Å²) >= 11 is 1.96. The van der Waals surface area contributed by atoms with Gasteiger partial charge in [0.1, 0.15) is 11.4 Å². The number of benzene rings is 1. The fourth-order valence-electron chi connectivity index (χ4n) is 4.30. The summed E-state index contributed by atoms with van der Waals surface area (Å²) in [6.07, 6.45) is 5.50. The van der Waals surface area contributed by atoms with Crippen molar-refractivity contribution in [3.8, 4) is 0 Å². The highest BCUT2D eigenvalue weighted by atomic mass is 32.2. The Hall–Kier alpha value is -3.72. The number of nitrogens with one attached hydrogen (secondary N) is 2. The van der Waals surface area contributed by atoms with Crippen LogP contribution in [0.5, 0.6) is 0 Å². The average molecular weight is 491 g/mol. The lowest BCUT2D eigenvalue weighted by molar-refractivity contribution is 0.0590. The number of methoxy groups -OCH3 is 1. The summed E-state index contributed by atoms with van der Waals surface area (Å²) in [6, 6.07) is 14.8. The van der Waals surface area contributed by atoms with Crippen LogP contribution < -0.4 is 10.6 Å². The van der Waals surface area contributed by atoms with Crippen LogP contribution in [0.25, 0.3) is 11.0 Å². The van der Waals surface area contributed by atoms with Crippen LogP contribution in [0.4, 0.5) is 11.4 Å². The van der Waals surface area contributed by atoms with Crippen LogP contribution in [0, 0.1) is 0 Å². The highest BCUT2D eigenvalue weighted by Crippen LogP contribution is 2.34. The first-order valence-corrected chi connectivity index (χ1v) is 12.6. The molecule has 0 bridgehead atoms. The van der Waals surface area contributed by atoms with E-state index in [1.54, 1.807) is 47.4 Å². The van der Waals surface area contributed by atoms with E-state index in [4.69, 9.17) is 14.1 Å². The molecule has 1 saturated heterocycles. The molecule has 1 aliphatic heterocycles. The molecule has 5 rings (SSSR count). The Labute approximate surface area is 207 Å². The van der Waals surface area contributed by atoms with Crippen LogP contribution >= 0.6 is 11.8 Å². The third-order valence-electron chi connectivity index (χ3n) is 6.04. The van der Waals surface area contributed by atoms with Gasteiger partial charge in [0.25, 0.3) is 5.91 Å². The second-order valence-corrected chi connectivity index (χ2v) is 9.55. The molecule has 4 heterocycles. The van der Waals surface area contributed by atoms with Crippen LogP contribution in [0.15, 0.2) is 65.4 Å². The predicted octanol–water partition coefficient (Wildman–Crippen LogP) is 5.02. The Kier molecular flexibility index (Phi) is 6.76. The number of thioether (sulfide) groups is 1. The number of rotatable bonds is 7. The van der Waals surface area contributed by atoms with E-state index in [0.29, 0.717) is 34.1 Å². The SMILES string of the molecule is COC(=O)c1c(NC(=O)c2ccccc2)c2cc(NC3CCSCC3)cnc2n1Cc1ccco1. The van der Waals surface area contributed by atoms with Crippen molar-refractivity contribution >= 4 is 46.0 Å². The van der Waals surface area contributed by atoms with E-state index in [0.717, 1.165) is 30.0 Å². The van der Waals surface area contributed by atoms with Crippen molar-refractivity contribution in [1.29, 1.82) is 0 Å². The number of anilines is 2. The van der Waals surface area contributed by atoms with E-state index >= 15 is 0 Å². The second kappa shape index (κ2) is 10.3. The number of carbonyl (C=O) groups excluding carboxylic acids is 2. The van der Waals surface area contributed by atoms with Crippen molar-refractivity contribution in [3.05, 3.63) is 78.0 Å². The van der Waals surface area contributed by atoms with Gasteiger partial charge in [-0.3, -0.25) is 4.79 Å². The van der Waals surface area contributed by atoms with Gasteiger partial charge in [0, 0.05) is 17.0 Å². The molecule has 1 amide bonds. The summed E-state index contributed by atoms with van der Waals surface area (Å²) < 4.78 is 12.4. The molecule has 1 aliphatic rings. The molecule has 3 aromatic heterocycles. The smallest absolute Gasteiger partial charge is 0.356 e. The van der Waals surface area contributed by atoms with E-state index in [1.165, 1.54) is 7.11 Å². The molecular formula is C26H26N4O4S. The Morgan fingerprint density at radius 3 is 2.69 bits per heavy atom. The average Bonchev–Trinajstić information content (AvgIpc) is 3.51. The summed E-state index contributed by atoms with van der Waals surface area (Å²) in [7, 11) is 1.32. The van der Waals surface area contributed by atoms with Gasteiger partial charge in [0.2, 0.25) is 0 Å². The third-order valence-corrected chi connectivity index (χ3v) is 7.09. The number of carbonyl (C=O) groups is 2. The molecule has 8 nitrogen and oxygen atoms in total. The fourth-order valence-corrected chi connectivity index (χ4v) is 5.41. The van der Waals surface area contributed by atoms with Crippen molar-refractivity contribution in [2.24, 2.45) is 0 Å². The molecule has 2 N–H and O–H groups in total. The molecule has 0 unspecified atom stereocenters. The Morgan fingerprint density at radius 1 is 1.17 bits per heavy atom. The van der Waals surface area contributed by atoms with Gasteiger partial charge in [-0.15, -0.1) is 0 Å². The van der Waals surface area contributed by atoms with Gasteiger partial charge < -0.3 is 24.4 Å². The number of pyridine rings is 1. The van der Waals surface area contributed by atoms with Gasteiger partial charge in [-0.1, -0.05) is 18.2 Å². The Balaban J connectivity index is 1.62. The lowest BCUT2D eigenvalue weighted by Gasteiger charge is -2.23. The van der Waals surface area contributed by atoms with Crippen LogP contribution in [0.1, 0.15) is 39.4 Å². The van der Waals surface area contributed by atoms with Crippen LogP contribution in [0.2, 0.25) is 0 Å². The van der Waals surface area contributed by atoms with E-state index in [9.17, 15) is 9.59 Å². The summed E-state index contributed by atoms with van der Waals surface area (Å²) in [6.45, 7) is 0.259. The molecular weight excluding hydrogens is 464 g/mol. The van der Waals surface area contributed by atoms with E-state index in [2.05, 4.69) is 10.6 Å². The zero-order valence-electron chi connectivity index (χ0n) is 19.3. The first kappa shape index (κ1) is 23.0. The van der Waals surface area contributed by atoms with Crippen LogP contribution in [-0.4, -0.2) is 46.1 Å². The molecule has 1 fully saturated rings. The Morgan fingerprint density at radius 2 is 1.97 bits per heavy atom. The maximum Gasteiger partial charge on any atom is 0.356 e. The number of hydrogen-bond donors (Lipinski definition) is 2. The minimum atomic E-state index is -0.572. The maximum atomic E-state index is 13.1. The number of ether oxygens (including phenoxy) is 1. The Bertz CT molecular complexity index is 1330. The zero-order valence-corrected chi connectivity index (χ0v) is 20.1. The van der Waals surface area contributed by atoms with Gasteiger partial charge in [0.05, 0.1) is 37.5 Å². The van der Waals surface area contributed by atoms with Crippen molar-refractivity contribution in [2.45, 2.75) is 25.4 Å². The van der Waals surface area contributed by atoms with E-state index < -0.39 is 5.97 Å². The monoisotopic (exact) mass is 490 g/mol. The van der Waals surface area contributed by atoms with Crippen molar-refractivity contribution in [1.82, 2.24) is 9.55 Å². The molecule has 0 radical (unpaired) electrons. The first-order valence-electron chi connectivity index (χ1n) is 11.5. The normalized spacial score (nSPS) is 14.1. The number of esters is 1. The van der Waals surface area contributed by atoms with Gasteiger partial charge >= 0.3 is 5.97 Å². The highest BCUT2D eigenvalue weighted by molar-refractivity contribution is 7.99. The molecule has 0 atom stereocenters. The quantitative estimate of drug-likeness (QED) is 0.351. The first-order chi connectivity index (χ1) is 17.1. The largest absolute Gasteiger partial charge is 0.467 e. The van der Waals surface area contributed by atoms with E-state index in [1.807, 2.05) is 30.0 Å². The lowest BCUT2D eigenvalue weighted by atomic mass is 10.1. The maximum absolute atomic E-state index is 13.1. The topological polar surface area (TPSA) is 98.4 Å². The molecule has 0 saturated carbocycles. The van der Waals surface area contributed by atoms with Crippen molar-refractivity contribution < 1.29 is 18.7 Å². The molecule has 35 heavy (non-hydrogen) atoms. The van der Waals surface area contributed by atoms with E-state index in [-0.39, 0.29) is 18.1 Å². The molecule has 0 aliphatic carbocycles. The third kappa shape index (κ3) is 4.90. The predicted molar refractivity (Wildman–Crippen MR) is 137 cm³/mol. The second-order valence-electron chi connectivity index (χ2n) is 8.33. The molecule has 1 aromatic carbocycles. The summed E-state index contributed by atoms with van der Waals surface area (Å²) in [5, 5.41) is 7.17. The van der Waals surface area contributed by atoms with Gasteiger partial charge in [-0.2, -0.15) is 11.8 Å². The number of aromatic nitrogens is 2. The highest BCUT2D eigenvalue weighted by Gasteiger charge is 2.27.